The molecule has 1 aliphatic rings. The molecule has 10 heteroatoms. The van der Waals surface area contributed by atoms with Crippen LogP contribution in [0.3, 0.4) is 0 Å². The second-order valence-corrected chi connectivity index (χ2v) is 11.2. The van der Waals surface area contributed by atoms with Crippen molar-refractivity contribution in [2.45, 2.75) is 21.6 Å². The lowest BCUT2D eigenvalue weighted by atomic mass is 10.1. The summed E-state index contributed by atoms with van der Waals surface area (Å²) in [5.41, 5.74) is 0.757. The van der Waals surface area contributed by atoms with Gasteiger partial charge in [0.2, 0.25) is 0 Å². The van der Waals surface area contributed by atoms with Gasteiger partial charge < -0.3 is 24.4 Å². The normalized spacial score (nSPS) is 22.3. The molecule has 2 atom stereocenters. The van der Waals surface area contributed by atoms with Crippen molar-refractivity contribution < 1.29 is 27.2 Å². The van der Waals surface area contributed by atoms with Crippen molar-refractivity contribution in [2.75, 3.05) is 5.75 Å². The summed E-state index contributed by atoms with van der Waals surface area (Å²) in [5.74, 6) is -0.253. The van der Waals surface area contributed by atoms with Crippen LogP contribution in [0, 0.1) is 10.1 Å². The van der Waals surface area contributed by atoms with Gasteiger partial charge in [-0.1, -0.05) is 24.3 Å². The van der Waals surface area contributed by atoms with Crippen LogP contribution in [0.2, 0.25) is 0 Å². The number of nitrogens with zero attached hydrogens (tertiary/aromatic N) is 1. The van der Waals surface area contributed by atoms with Gasteiger partial charge in [-0.25, -0.2) is 8.42 Å². The summed E-state index contributed by atoms with van der Waals surface area (Å²) in [7, 11) is -7.49. The minimum atomic E-state index is -3.94. The first-order valence-electron chi connectivity index (χ1n) is 9.22. The van der Waals surface area contributed by atoms with Crippen molar-refractivity contribution in [1.82, 2.24) is 0 Å². The Kier molecular flexibility index (Phi) is 5.48. The molecule has 3 aromatic carbocycles. The third-order valence-electron chi connectivity index (χ3n) is 5.06. The zero-order chi connectivity index (χ0) is 22.2. The molecule has 0 amide bonds. The fraction of sp³-hybridized carbons (Fsp3) is 0.143. The number of sulfone groups is 1. The van der Waals surface area contributed by atoms with Crippen molar-refractivity contribution in [2.24, 2.45) is 0 Å². The number of benzene rings is 3. The number of hydrogen-bond acceptors (Lipinski definition) is 7. The molecule has 31 heavy (non-hydrogen) atoms. The maximum absolute atomic E-state index is 13.3. The zero-order valence-electron chi connectivity index (χ0n) is 16.1. The van der Waals surface area contributed by atoms with Gasteiger partial charge in [0.25, 0.3) is 5.69 Å². The minimum absolute atomic E-state index is 0.0131. The molecule has 0 saturated heterocycles. The fourth-order valence-corrected chi connectivity index (χ4v) is 7.91. The Balaban J connectivity index is 1.69. The standard InChI is InChI=1S/C21H19NO7S2/c23-22(24)16-11-9-15(10-12-16)13-29-18-7-4-8-19-21(18)20(14-30(19,25)26)31(27,28)17-5-2-1-3-6-17/h1-12,20,25-26H,13-14H2/p-1. The van der Waals surface area contributed by atoms with Gasteiger partial charge in [0.05, 0.1) is 9.82 Å². The largest absolute Gasteiger partial charge is 0.764 e. The van der Waals surface area contributed by atoms with Crippen LogP contribution in [-0.4, -0.2) is 28.2 Å². The smallest absolute Gasteiger partial charge is 0.269 e. The van der Waals surface area contributed by atoms with Gasteiger partial charge in [-0.2, -0.15) is 0 Å². The Bertz CT molecular complexity index is 1230. The van der Waals surface area contributed by atoms with Crippen molar-refractivity contribution in [3.8, 4) is 5.75 Å². The van der Waals surface area contributed by atoms with E-state index in [1.54, 1.807) is 24.3 Å². The third kappa shape index (κ3) is 4.02. The molecular weight excluding hydrogens is 442 g/mol. The first-order chi connectivity index (χ1) is 14.7. The second kappa shape index (κ2) is 7.97. The molecule has 0 saturated carbocycles. The molecule has 8 nitrogen and oxygen atoms in total. The lowest BCUT2D eigenvalue weighted by Crippen LogP contribution is -2.16. The van der Waals surface area contributed by atoms with Gasteiger partial charge in [0.15, 0.2) is 9.84 Å². The summed E-state index contributed by atoms with van der Waals surface area (Å²) < 4.78 is 55.6. The monoisotopic (exact) mass is 460 g/mol. The molecule has 3 aromatic rings. The van der Waals surface area contributed by atoms with E-state index in [-0.39, 0.29) is 33.4 Å². The second-order valence-electron chi connectivity index (χ2n) is 7.03. The maximum Gasteiger partial charge on any atom is 0.269 e. The van der Waals surface area contributed by atoms with E-state index in [1.807, 2.05) is 0 Å². The minimum Gasteiger partial charge on any atom is -0.764 e. The van der Waals surface area contributed by atoms with E-state index in [0.717, 1.165) is 0 Å². The van der Waals surface area contributed by atoms with Gasteiger partial charge in [-0.3, -0.25) is 10.1 Å². The van der Waals surface area contributed by atoms with Crippen LogP contribution in [0.25, 0.3) is 0 Å². The molecule has 162 valence electrons. The summed E-state index contributed by atoms with van der Waals surface area (Å²) in [4.78, 5) is 10.4. The number of nitro groups is 1. The Morgan fingerprint density at radius 1 is 1.03 bits per heavy atom. The van der Waals surface area contributed by atoms with Crippen molar-refractivity contribution >= 4 is 26.1 Å². The summed E-state index contributed by atoms with van der Waals surface area (Å²) >= 11 is 0. The Labute approximate surface area is 180 Å². The van der Waals surface area contributed by atoms with E-state index in [0.29, 0.717) is 5.56 Å². The number of fused-ring (bicyclic) bond motifs is 1. The lowest BCUT2D eigenvalue weighted by Gasteiger charge is -2.42. The van der Waals surface area contributed by atoms with E-state index < -0.39 is 36.4 Å². The van der Waals surface area contributed by atoms with Crippen LogP contribution in [0.5, 0.6) is 5.75 Å². The number of ether oxygens (including phenoxy) is 1. The molecular formula is C21H18NO7S2-. The first kappa shape index (κ1) is 21.3. The molecule has 0 spiro atoms. The molecule has 0 fully saturated rings. The van der Waals surface area contributed by atoms with Crippen LogP contribution >= 0.6 is 10.6 Å². The number of non-ortho nitro benzene ring substituents is 1. The molecule has 0 bridgehead atoms. The predicted octanol–water partition coefficient (Wildman–Crippen LogP) is 4.47. The molecule has 0 radical (unpaired) electrons. The average Bonchev–Trinajstić information content (AvgIpc) is 3.05. The average molecular weight is 461 g/mol. The van der Waals surface area contributed by atoms with Gasteiger partial charge in [-0.15, -0.1) is 0 Å². The quantitative estimate of drug-likeness (QED) is 0.424. The van der Waals surface area contributed by atoms with Crippen LogP contribution in [0.15, 0.2) is 82.6 Å². The van der Waals surface area contributed by atoms with Gasteiger partial charge >= 0.3 is 0 Å². The molecule has 0 aromatic heterocycles. The molecule has 1 aliphatic heterocycles. The van der Waals surface area contributed by atoms with E-state index >= 15 is 0 Å². The lowest BCUT2D eigenvalue weighted by molar-refractivity contribution is -0.384. The van der Waals surface area contributed by atoms with E-state index in [9.17, 15) is 27.6 Å². The van der Waals surface area contributed by atoms with Gasteiger partial charge in [0.1, 0.15) is 17.6 Å². The van der Waals surface area contributed by atoms with Crippen molar-refractivity contribution in [1.29, 1.82) is 0 Å². The molecule has 2 unspecified atom stereocenters. The van der Waals surface area contributed by atoms with Crippen LogP contribution in [0.1, 0.15) is 16.4 Å². The van der Waals surface area contributed by atoms with Crippen LogP contribution in [0.4, 0.5) is 5.69 Å². The number of hydrogen-bond donors (Lipinski definition) is 1. The SMILES string of the molecule is O=[N+]([O-])c1ccc(COc2cccc3c2C(S(=O)(=O)c2ccccc2)CS3([O-])O)cc1. The summed E-state index contributed by atoms with van der Waals surface area (Å²) in [6.45, 7) is 0.0131. The van der Waals surface area contributed by atoms with Gasteiger partial charge in [0, 0.05) is 28.3 Å². The molecule has 1 N–H and O–H groups in total. The third-order valence-corrected chi connectivity index (χ3v) is 9.18. The van der Waals surface area contributed by atoms with E-state index in [1.165, 1.54) is 48.5 Å². The maximum atomic E-state index is 13.3. The predicted molar refractivity (Wildman–Crippen MR) is 114 cm³/mol. The topological polar surface area (TPSA) is 130 Å². The van der Waals surface area contributed by atoms with Crippen LogP contribution < -0.4 is 4.74 Å². The summed E-state index contributed by atoms with van der Waals surface area (Å²) in [5, 5.41) is 9.57. The highest BCUT2D eigenvalue weighted by molar-refractivity contribution is 8.25. The highest BCUT2D eigenvalue weighted by Gasteiger charge is 2.41. The molecule has 1 heterocycles. The number of rotatable bonds is 6. The van der Waals surface area contributed by atoms with E-state index in [2.05, 4.69) is 0 Å². The molecule has 0 aliphatic carbocycles. The summed E-state index contributed by atoms with van der Waals surface area (Å²) in [6, 6.07) is 18.1. The first-order valence-corrected chi connectivity index (χ1v) is 12.5. The van der Waals surface area contributed by atoms with Crippen molar-refractivity contribution in [3.63, 3.8) is 0 Å². The Morgan fingerprint density at radius 3 is 2.35 bits per heavy atom. The number of nitro benzene ring substituents is 1. The zero-order valence-corrected chi connectivity index (χ0v) is 17.7. The van der Waals surface area contributed by atoms with Gasteiger partial charge in [-0.05, 0) is 42.0 Å². The van der Waals surface area contributed by atoms with Crippen molar-refractivity contribution in [3.05, 3.63) is 94.0 Å². The van der Waals surface area contributed by atoms with Crippen LogP contribution in [-0.2, 0) is 16.4 Å². The fourth-order valence-electron chi connectivity index (χ4n) is 3.52. The summed E-state index contributed by atoms with van der Waals surface area (Å²) in [6.07, 6.45) is 0. The Hall–Kier alpha value is -2.92. The highest BCUT2D eigenvalue weighted by Crippen LogP contribution is 2.63. The van der Waals surface area contributed by atoms with E-state index in [4.69, 9.17) is 4.74 Å². The Morgan fingerprint density at radius 2 is 1.71 bits per heavy atom. The molecule has 4 rings (SSSR count). The highest BCUT2D eigenvalue weighted by atomic mass is 32.3.